The molecule has 14 atom stereocenters. The van der Waals surface area contributed by atoms with Gasteiger partial charge in [0.2, 0.25) is 0 Å². The van der Waals surface area contributed by atoms with E-state index >= 15 is 0 Å². The van der Waals surface area contributed by atoms with Gasteiger partial charge in [-0.3, -0.25) is 9.80 Å². The van der Waals surface area contributed by atoms with Crippen molar-refractivity contribution >= 4 is 0 Å². The van der Waals surface area contributed by atoms with E-state index < -0.39 is 0 Å². The van der Waals surface area contributed by atoms with Gasteiger partial charge >= 0.3 is 0 Å². The van der Waals surface area contributed by atoms with Gasteiger partial charge in [-0.15, -0.1) is 0 Å². The standard InChI is InChI=1S/C46H78N4/c1-3-7-37(8-4-1)49(39-17-11-35-29-47-25-23-33(35)27-39)43-21-15-31-14-20-42-44(22-16-32-13-19-41(43)45(31)46(32)42)50(38-9-5-2-6-10-38)40-18-12-36-30-48-26-24-34(36)28-40/h31-48H,1-30H2. The first-order valence-corrected chi connectivity index (χ1v) is 23.8. The Kier molecular flexibility index (Phi) is 10.4. The summed E-state index contributed by atoms with van der Waals surface area (Å²) in [6.45, 7) is 5.21. The van der Waals surface area contributed by atoms with Crippen molar-refractivity contribution in [3.63, 3.8) is 0 Å². The van der Waals surface area contributed by atoms with E-state index in [1.54, 1.807) is 64.2 Å². The van der Waals surface area contributed by atoms with E-state index in [9.17, 15) is 0 Å². The van der Waals surface area contributed by atoms with Gasteiger partial charge in [-0.1, -0.05) is 38.5 Å². The number of piperidine rings is 2. The molecule has 2 saturated heterocycles. The Morgan fingerprint density at radius 2 is 0.740 bits per heavy atom. The summed E-state index contributed by atoms with van der Waals surface area (Å²) in [7, 11) is 0. The number of fused-ring (bicyclic) bond motifs is 2. The van der Waals surface area contributed by atoms with E-state index in [0.717, 1.165) is 95.4 Å². The molecule has 0 radical (unpaired) electrons. The molecule has 2 heterocycles. The minimum absolute atomic E-state index is 0.905. The van der Waals surface area contributed by atoms with Crippen LogP contribution in [-0.4, -0.2) is 72.2 Å². The van der Waals surface area contributed by atoms with Gasteiger partial charge in [0.1, 0.15) is 0 Å². The zero-order valence-electron chi connectivity index (χ0n) is 32.3. The largest absolute Gasteiger partial charge is 0.316 e. The highest BCUT2D eigenvalue weighted by molar-refractivity contribution is 5.10. The van der Waals surface area contributed by atoms with Gasteiger partial charge in [-0.25, -0.2) is 0 Å². The van der Waals surface area contributed by atoms with Gasteiger partial charge in [-0.05, 0) is 214 Å². The average Bonchev–Trinajstić information content (AvgIpc) is 3.19. The van der Waals surface area contributed by atoms with E-state index in [1.807, 2.05) is 0 Å². The molecule has 4 nitrogen and oxygen atoms in total. The summed E-state index contributed by atoms with van der Waals surface area (Å²) in [5.74, 6) is 10.3. The van der Waals surface area contributed by atoms with Crippen molar-refractivity contribution in [3.05, 3.63) is 0 Å². The topological polar surface area (TPSA) is 30.5 Å². The van der Waals surface area contributed by atoms with E-state index in [2.05, 4.69) is 20.4 Å². The summed E-state index contributed by atoms with van der Waals surface area (Å²) in [6, 6.07) is 5.48. The first kappa shape index (κ1) is 34.3. The number of nitrogens with one attached hydrogen (secondary N) is 2. The quantitative estimate of drug-likeness (QED) is 0.292. The number of hydrogen-bond donors (Lipinski definition) is 2. The summed E-state index contributed by atoms with van der Waals surface area (Å²) in [5.41, 5.74) is 0. The van der Waals surface area contributed by atoms with E-state index in [0.29, 0.717) is 0 Å². The highest BCUT2D eigenvalue weighted by atomic mass is 15.2. The molecule has 0 aromatic rings. The molecule has 10 rings (SSSR count). The normalized spacial score (nSPS) is 48.8. The molecule has 10 fully saturated rings. The van der Waals surface area contributed by atoms with Gasteiger partial charge in [0.25, 0.3) is 0 Å². The molecule has 0 amide bonds. The molecule has 50 heavy (non-hydrogen) atoms. The van der Waals surface area contributed by atoms with Crippen molar-refractivity contribution < 1.29 is 0 Å². The van der Waals surface area contributed by atoms with Gasteiger partial charge in [0, 0.05) is 36.3 Å². The second-order valence-electron chi connectivity index (χ2n) is 20.9. The lowest BCUT2D eigenvalue weighted by Gasteiger charge is -2.65. The molecule has 0 spiro atoms. The molecule has 0 aromatic carbocycles. The Bertz CT molecular complexity index is 1030. The van der Waals surface area contributed by atoms with Crippen molar-refractivity contribution in [1.29, 1.82) is 0 Å². The number of rotatable bonds is 6. The Morgan fingerprint density at radius 1 is 0.320 bits per heavy atom. The SMILES string of the molecule is C1CCC(N(C2CCC3CNCCC3C2)C2CCC3CCC4C5C(CCC2C35)CCC4N(C2CCCCC2)C2CCC3CNCCC3C2)CC1. The van der Waals surface area contributed by atoms with E-state index in [1.165, 1.54) is 129 Å². The van der Waals surface area contributed by atoms with Crippen LogP contribution < -0.4 is 10.6 Å². The molecular weight excluding hydrogens is 609 g/mol. The molecule has 282 valence electrons. The molecule has 8 aliphatic carbocycles. The van der Waals surface area contributed by atoms with Crippen LogP contribution in [0.3, 0.4) is 0 Å². The first-order chi connectivity index (χ1) is 24.8. The zero-order chi connectivity index (χ0) is 33.0. The number of nitrogens with zero attached hydrogens (tertiary/aromatic N) is 2. The maximum absolute atomic E-state index is 3.78. The molecule has 0 bridgehead atoms. The van der Waals surface area contributed by atoms with E-state index in [4.69, 9.17) is 0 Å². The molecular formula is C46H78N4. The maximum atomic E-state index is 3.78. The fourth-order valence-electron chi connectivity index (χ4n) is 17.0. The van der Waals surface area contributed by atoms with Gasteiger partial charge in [0.15, 0.2) is 0 Å². The third-order valence-electron chi connectivity index (χ3n) is 18.9. The van der Waals surface area contributed by atoms with Crippen LogP contribution in [0.25, 0.3) is 0 Å². The third kappa shape index (κ3) is 6.42. The molecule has 8 saturated carbocycles. The summed E-state index contributed by atoms with van der Waals surface area (Å²) in [5, 5.41) is 7.56. The fourth-order valence-corrected chi connectivity index (χ4v) is 17.0. The molecule has 0 aromatic heterocycles. The van der Waals surface area contributed by atoms with Crippen LogP contribution >= 0.6 is 0 Å². The smallest absolute Gasteiger partial charge is 0.0132 e. The second kappa shape index (κ2) is 15.2. The lowest BCUT2D eigenvalue weighted by atomic mass is 9.46. The Morgan fingerprint density at radius 3 is 1.20 bits per heavy atom. The van der Waals surface area contributed by atoms with E-state index in [-0.39, 0.29) is 0 Å². The first-order valence-electron chi connectivity index (χ1n) is 23.8. The zero-order valence-corrected chi connectivity index (χ0v) is 32.3. The summed E-state index contributed by atoms with van der Waals surface area (Å²) in [4.78, 5) is 6.82. The van der Waals surface area contributed by atoms with Crippen molar-refractivity contribution in [2.75, 3.05) is 26.2 Å². The molecule has 4 heteroatoms. The lowest BCUT2D eigenvalue weighted by Crippen LogP contribution is -2.64. The highest BCUT2D eigenvalue weighted by Crippen LogP contribution is 2.62. The Labute approximate surface area is 308 Å². The minimum atomic E-state index is 0.905. The minimum Gasteiger partial charge on any atom is -0.316 e. The van der Waals surface area contributed by atoms with Crippen LogP contribution in [0, 0.1) is 59.2 Å². The molecule has 10 aliphatic rings. The number of hydrogen-bond acceptors (Lipinski definition) is 4. The monoisotopic (exact) mass is 687 g/mol. The third-order valence-corrected chi connectivity index (χ3v) is 18.9. The maximum Gasteiger partial charge on any atom is 0.0132 e. The second-order valence-corrected chi connectivity index (χ2v) is 20.9. The van der Waals surface area contributed by atoms with Crippen molar-refractivity contribution in [2.45, 2.75) is 203 Å². The molecule has 2 aliphatic heterocycles. The predicted molar refractivity (Wildman–Crippen MR) is 207 cm³/mol. The van der Waals surface area contributed by atoms with Crippen LogP contribution in [0.5, 0.6) is 0 Å². The summed E-state index contributed by atoms with van der Waals surface area (Å²) >= 11 is 0. The Balaban J connectivity index is 0.931. The summed E-state index contributed by atoms with van der Waals surface area (Å²) in [6.07, 6.45) is 39.9. The van der Waals surface area contributed by atoms with Crippen LogP contribution in [0.15, 0.2) is 0 Å². The fraction of sp³-hybridized carbons (Fsp3) is 1.00. The highest BCUT2D eigenvalue weighted by Gasteiger charge is 2.58. The molecule has 14 unspecified atom stereocenters. The Hall–Kier alpha value is -0.160. The molecule has 2 N–H and O–H groups in total. The van der Waals surface area contributed by atoms with Crippen LogP contribution in [0.1, 0.15) is 167 Å². The summed E-state index contributed by atoms with van der Waals surface area (Å²) < 4.78 is 0. The lowest BCUT2D eigenvalue weighted by molar-refractivity contribution is -0.151. The van der Waals surface area contributed by atoms with Crippen molar-refractivity contribution in [3.8, 4) is 0 Å². The van der Waals surface area contributed by atoms with Crippen molar-refractivity contribution in [1.82, 2.24) is 20.4 Å². The van der Waals surface area contributed by atoms with Gasteiger partial charge in [0.05, 0.1) is 0 Å². The van der Waals surface area contributed by atoms with Crippen molar-refractivity contribution in [2.24, 2.45) is 59.2 Å². The van der Waals surface area contributed by atoms with Crippen LogP contribution in [0.2, 0.25) is 0 Å². The van der Waals surface area contributed by atoms with Crippen LogP contribution in [-0.2, 0) is 0 Å². The average molecular weight is 687 g/mol. The van der Waals surface area contributed by atoms with Crippen LogP contribution in [0.4, 0.5) is 0 Å². The van der Waals surface area contributed by atoms with Gasteiger partial charge in [-0.2, -0.15) is 0 Å². The predicted octanol–water partition coefficient (Wildman–Crippen LogP) is 9.42. The van der Waals surface area contributed by atoms with Gasteiger partial charge < -0.3 is 10.6 Å².